The smallest absolute Gasteiger partial charge is 0.243 e. The van der Waals surface area contributed by atoms with Crippen LogP contribution in [0, 0.1) is 5.82 Å². The van der Waals surface area contributed by atoms with E-state index in [-0.39, 0.29) is 30.3 Å². The fraction of sp³-hybridized carbons (Fsp3) is 0.278. The van der Waals surface area contributed by atoms with E-state index in [9.17, 15) is 17.6 Å². The predicted molar refractivity (Wildman–Crippen MR) is 97.4 cm³/mol. The van der Waals surface area contributed by atoms with E-state index in [1.165, 1.54) is 16.4 Å². The van der Waals surface area contributed by atoms with Gasteiger partial charge in [-0.05, 0) is 48.5 Å². The average Bonchev–Trinajstić information content (AvgIpc) is 2.63. The lowest BCUT2D eigenvalue weighted by atomic mass is 10.1. The van der Waals surface area contributed by atoms with E-state index >= 15 is 0 Å². The summed E-state index contributed by atoms with van der Waals surface area (Å²) in [4.78, 5) is 14.3. The fourth-order valence-corrected chi connectivity index (χ4v) is 4.36. The number of piperazine rings is 1. The molecule has 0 unspecified atom stereocenters. The zero-order valence-corrected chi connectivity index (χ0v) is 15.5. The van der Waals surface area contributed by atoms with Gasteiger partial charge in [-0.2, -0.15) is 4.31 Å². The van der Waals surface area contributed by atoms with Crippen LogP contribution in [0.2, 0.25) is 5.02 Å². The summed E-state index contributed by atoms with van der Waals surface area (Å²) < 4.78 is 39.5. The highest BCUT2D eigenvalue weighted by Crippen LogP contribution is 2.18. The van der Waals surface area contributed by atoms with Crippen molar-refractivity contribution in [2.75, 3.05) is 32.7 Å². The zero-order valence-electron chi connectivity index (χ0n) is 13.9. The van der Waals surface area contributed by atoms with Crippen LogP contribution in [-0.4, -0.2) is 56.1 Å². The Morgan fingerprint density at radius 1 is 0.962 bits per heavy atom. The van der Waals surface area contributed by atoms with E-state index < -0.39 is 15.8 Å². The molecule has 3 rings (SSSR count). The number of rotatable bonds is 5. The van der Waals surface area contributed by atoms with Crippen LogP contribution in [0.25, 0.3) is 0 Å². The number of halogens is 2. The van der Waals surface area contributed by atoms with Crippen molar-refractivity contribution in [3.05, 3.63) is 64.9 Å². The Hall–Kier alpha value is -1.80. The molecule has 1 heterocycles. The zero-order chi connectivity index (χ0) is 18.7. The van der Waals surface area contributed by atoms with Crippen LogP contribution in [0.1, 0.15) is 10.4 Å². The minimum absolute atomic E-state index is 0.0310. The van der Waals surface area contributed by atoms with Gasteiger partial charge in [-0.15, -0.1) is 0 Å². The van der Waals surface area contributed by atoms with Gasteiger partial charge in [-0.25, -0.2) is 12.8 Å². The predicted octanol–water partition coefficient (Wildman–Crippen LogP) is 2.67. The summed E-state index contributed by atoms with van der Waals surface area (Å²) in [6.45, 7) is 1.72. The number of carbonyl (C=O) groups is 1. The van der Waals surface area contributed by atoms with E-state index in [2.05, 4.69) is 0 Å². The van der Waals surface area contributed by atoms with E-state index in [4.69, 9.17) is 11.6 Å². The van der Waals surface area contributed by atoms with E-state index in [0.29, 0.717) is 23.7 Å². The van der Waals surface area contributed by atoms with Crippen LogP contribution in [0.5, 0.6) is 0 Å². The molecule has 0 saturated carbocycles. The van der Waals surface area contributed by atoms with Crippen molar-refractivity contribution in [3.63, 3.8) is 0 Å². The number of carbonyl (C=O) groups excluding carboxylic acids is 1. The highest BCUT2D eigenvalue weighted by molar-refractivity contribution is 7.89. The Labute approximate surface area is 157 Å². The summed E-state index contributed by atoms with van der Waals surface area (Å²) in [6.07, 6.45) is 0. The number of Topliss-reactive ketones (excluding diaryl/α,β-unsaturated/α-hetero) is 1. The molecule has 0 aliphatic carbocycles. The summed E-state index contributed by atoms with van der Waals surface area (Å²) in [7, 11) is -3.65. The normalized spacial score (nSPS) is 16.5. The largest absolute Gasteiger partial charge is 0.293 e. The van der Waals surface area contributed by atoms with Gasteiger partial charge in [0.1, 0.15) is 5.82 Å². The number of ketones is 1. The third-order valence-electron chi connectivity index (χ3n) is 4.32. The fourth-order valence-electron chi connectivity index (χ4n) is 2.81. The van der Waals surface area contributed by atoms with Crippen molar-refractivity contribution in [3.8, 4) is 0 Å². The van der Waals surface area contributed by atoms with Gasteiger partial charge in [0.05, 0.1) is 11.4 Å². The highest BCUT2D eigenvalue weighted by Gasteiger charge is 2.29. The lowest BCUT2D eigenvalue weighted by molar-refractivity contribution is 0.0901. The van der Waals surface area contributed by atoms with Gasteiger partial charge in [0, 0.05) is 36.8 Å². The van der Waals surface area contributed by atoms with E-state index in [1.807, 2.05) is 4.90 Å². The molecular formula is C18H18ClFN2O3S. The van der Waals surface area contributed by atoms with Gasteiger partial charge in [-0.3, -0.25) is 9.69 Å². The molecule has 0 aromatic heterocycles. The van der Waals surface area contributed by atoms with Gasteiger partial charge in [0.25, 0.3) is 0 Å². The van der Waals surface area contributed by atoms with E-state index in [1.54, 1.807) is 24.3 Å². The molecule has 5 nitrogen and oxygen atoms in total. The first kappa shape index (κ1) is 19.0. The number of sulfonamides is 1. The Morgan fingerprint density at radius 2 is 1.54 bits per heavy atom. The van der Waals surface area contributed by atoms with Crippen molar-refractivity contribution in [1.29, 1.82) is 0 Å². The topological polar surface area (TPSA) is 57.7 Å². The first-order chi connectivity index (χ1) is 12.4. The Balaban J connectivity index is 1.59. The van der Waals surface area contributed by atoms with E-state index in [0.717, 1.165) is 12.1 Å². The first-order valence-corrected chi connectivity index (χ1v) is 9.95. The number of hydrogen-bond donors (Lipinski definition) is 0. The number of benzene rings is 2. The van der Waals surface area contributed by atoms with Gasteiger partial charge >= 0.3 is 0 Å². The lowest BCUT2D eigenvalue weighted by Crippen LogP contribution is -2.49. The first-order valence-electron chi connectivity index (χ1n) is 8.13. The molecule has 2 aromatic rings. The molecule has 0 bridgehead atoms. The second-order valence-electron chi connectivity index (χ2n) is 6.06. The molecule has 0 amide bonds. The average molecular weight is 397 g/mol. The molecule has 26 heavy (non-hydrogen) atoms. The van der Waals surface area contributed by atoms with Gasteiger partial charge < -0.3 is 0 Å². The van der Waals surface area contributed by atoms with Crippen molar-refractivity contribution in [2.24, 2.45) is 0 Å². The van der Waals surface area contributed by atoms with Crippen LogP contribution in [0.4, 0.5) is 4.39 Å². The second-order valence-corrected chi connectivity index (χ2v) is 8.44. The number of hydrogen-bond acceptors (Lipinski definition) is 4. The minimum atomic E-state index is -3.65. The summed E-state index contributed by atoms with van der Waals surface area (Å²) in [6, 6.07) is 11.5. The van der Waals surface area contributed by atoms with Gasteiger partial charge in [-0.1, -0.05) is 11.6 Å². The summed E-state index contributed by atoms with van der Waals surface area (Å²) in [5, 5.41) is 0.571. The monoisotopic (exact) mass is 396 g/mol. The maximum Gasteiger partial charge on any atom is 0.243 e. The van der Waals surface area contributed by atoms with Crippen LogP contribution in [0.3, 0.4) is 0 Å². The molecule has 1 aliphatic rings. The highest BCUT2D eigenvalue weighted by atomic mass is 35.5. The molecule has 0 spiro atoms. The Morgan fingerprint density at radius 3 is 2.12 bits per heavy atom. The lowest BCUT2D eigenvalue weighted by Gasteiger charge is -2.33. The van der Waals surface area contributed by atoms with Crippen molar-refractivity contribution >= 4 is 27.4 Å². The molecule has 1 aliphatic heterocycles. The second kappa shape index (κ2) is 7.84. The van der Waals surface area contributed by atoms with Crippen molar-refractivity contribution in [1.82, 2.24) is 9.21 Å². The van der Waals surface area contributed by atoms with Crippen LogP contribution < -0.4 is 0 Å². The molecule has 1 fully saturated rings. The molecule has 0 N–H and O–H groups in total. The third kappa shape index (κ3) is 4.29. The SMILES string of the molecule is O=C(CN1CCN(S(=O)(=O)c2ccc(F)cc2)CC1)c1ccc(Cl)cc1. The molecular weight excluding hydrogens is 379 g/mol. The Bertz CT molecular complexity index is 878. The molecule has 1 saturated heterocycles. The summed E-state index contributed by atoms with van der Waals surface area (Å²) in [5.41, 5.74) is 0.579. The maximum absolute atomic E-state index is 13.0. The minimum Gasteiger partial charge on any atom is -0.293 e. The van der Waals surface area contributed by atoms with Gasteiger partial charge in [0.15, 0.2) is 5.78 Å². The molecule has 138 valence electrons. The van der Waals surface area contributed by atoms with Gasteiger partial charge in [0.2, 0.25) is 10.0 Å². The standard InChI is InChI=1S/C18H18ClFN2O3S/c19-15-3-1-14(2-4-15)18(23)13-21-9-11-22(12-10-21)26(24,25)17-7-5-16(20)6-8-17/h1-8H,9-13H2. The number of nitrogens with zero attached hydrogens (tertiary/aromatic N) is 2. The molecule has 0 radical (unpaired) electrons. The van der Waals surface area contributed by atoms with Crippen LogP contribution in [0.15, 0.2) is 53.4 Å². The maximum atomic E-state index is 13.0. The summed E-state index contributed by atoms with van der Waals surface area (Å²) >= 11 is 5.82. The third-order valence-corrected chi connectivity index (χ3v) is 6.48. The quantitative estimate of drug-likeness (QED) is 0.729. The molecule has 2 aromatic carbocycles. The van der Waals surface area contributed by atoms with Crippen LogP contribution in [-0.2, 0) is 10.0 Å². The molecule has 0 atom stereocenters. The summed E-state index contributed by atoms with van der Waals surface area (Å²) in [5.74, 6) is -0.508. The van der Waals surface area contributed by atoms with Crippen LogP contribution >= 0.6 is 11.6 Å². The van der Waals surface area contributed by atoms with Crippen molar-refractivity contribution < 1.29 is 17.6 Å². The Kier molecular flexibility index (Phi) is 5.72. The molecule has 8 heteroatoms. The van der Waals surface area contributed by atoms with Crippen molar-refractivity contribution in [2.45, 2.75) is 4.90 Å².